The molecule has 0 fully saturated rings. The van der Waals surface area contributed by atoms with Gasteiger partial charge in [0.1, 0.15) is 6.29 Å². The Hall–Kier alpha value is -0.670. The zero-order valence-corrected chi connectivity index (χ0v) is 7.80. The molecule has 0 saturated heterocycles. The number of thiophene rings is 1. The largest absolute Gasteiger partial charge is 0.389 e. The van der Waals surface area contributed by atoms with E-state index in [9.17, 15) is 9.90 Å². The first-order valence-electron chi connectivity index (χ1n) is 3.81. The molecule has 0 aliphatic carbocycles. The van der Waals surface area contributed by atoms with E-state index in [1.807, 2.05) is 16.8 Å². The van der Waals surface area contributed by atoms with Crippen LogP contribution in [0.5, 0.6) is 0 Å². The molecule has 1 N–H and O–H groups in total. The molecule has 0 saturated carbocycles. The van der Waals surface area contributed by atoms with Gasteiger partial charge < -0.3 is 9.90 Å². The van der Waals surface area contributed by atoms with Gasteiger partial charge in [0.25, 0.3) is 0 Å². The Morgan fingerprint density at radius 3 is 3.00 bits per heavy atom. The van der Waals surface area contributed by atoms with Gasteiger partial charge in [0.15, 0.2) is 0 Å². The van der Waals surface area contributed by atoms with Crippen molar-refractivity contribution in [1.29, 1.82) is 0 Å². The predicted octanol–water partition coefficient (Wildman–Crippen LogP) is 1.63. The van der Waals surface area contributed by atoms with E-state index in [2.05, 4.69) is 0 Å². The molecule has 12 heavy (non-hydrogen) atoms. The average molecular weight is 184 g/mol. The van der Waals surface area contributed by atoms with Crippen LogP contribution in [0.1, 0.15) is 18.9 Å². The average Bonchev–Trinajstić information content (AvgIpc) is 2.38. The van der Waals surface area contributed by atoms with Crippen LogP contribution in [0, 0.1) is 0 Å². The van der Waals surface area contributed by atoms with Crippen molar-refractivity contribution in [2.24, 2.45) is 0 Å². The lowest BCUT2D eigenvalue weighted by atomic mass is 9.96. The zero-order valence-electron chi connectivity index (χ0n) is 6.99. The first-order chi connectivity index (χ1) is 5.64. The van der Waals surface area contributed by atoms with Crippen LogP contribution in [0.3, 0.4) is 0 Å². The van der Waals surface area contributed by atoms with Crippen molar-refractivity contribution in [3.63, 3.8) is 0 Å². The van der Waals surface area contributed by atoms with Crippen molar-refractivity contribution >= 4 is 17.6 Å². The fourth-order valence-corrected chi connectivity index (χ4v) is 1.75. The lowest BCUT2D eigenvalue weighted by Crippen LogP contribution is -2.27. The standard InChI is InChI=1S/C9H12O2S/c1-9(11,3-4-10)6-8-2-5-12-7-8/h2,4-5,7,11H,3,6H2,1H3. The van der Waals surface area contributed by atoms with Crippen LogP contribution in [-0.4, -0.2) is 17.0 Å². The number of carbonyl (C=O) groups is 1. The molecule has 3 heteroatoms. The van der Waals surface area contributed by atoms with E-state index in [1.165, 1.54) is 0 Å². The molecule has 2 nitrogen and oxygen atoms in total. The molecular formula is C9H12O2S. The molecule has 66 valence electrons. The van der Waals surface area contributed by atoms with Gasteiger partial charge in [0.05, 0.1) is 5.60 Å². The maximum atomic E-state index is 10.2. The third-order valence-corrected chi connectivity index (χ3v) is 2.42. The Balaban J connectivity index is 2.55. The summed E-state index contributed by atoms with van der Waals surface area (Å²) < 4.78 is 0. The van der Waals surface area contributed by atoms with Crippen molar-refractivity contribution in [1.82, 2.24) is 0 Å². The second kappa shape index (κ2) is 3.83. The maximum absolute atomic E-state index is 10.2. The van der Waals surface area contributed by atoms with Gasteiger partial charge >= 0.3 is 0 Å². The second-order valence-corrected chi connectivity index (χ2v) is 3.96. The Morgan fingerprint density at radius 1 is 1.75 bits per heavy atom. The smallest absolute Gasteiger partial charge is 0.122 e. The molecule has 1 aromatic heterocycles. The van der Waals surface area contributed by atoms with Crippen LogP contribution in [0.25, 0.3) is 0 Å². The molecule has 1 rings (SSSR count). The van der Waals surface area contributed by atoms with Crippen LogP contribution in [0.15, 0.2) is 16.8 Å². The van der Waals surface area contributed by atoms with Gasteiger partial charge in [0, 0.05) is 12.8 Å². The molecule has 1 heterocycles. The van der Waals surface area contributed by atoms with Crippen molar-refractivity contribution in [2.45, 2.75) is 25.4 Å². The highest BCUT2D eigenvalue weighted by Gasteiger charge is 2.20. The van der Waals surface area contributed by atoms with Crippen molar-refractivity contribution < 1.29 is 9.90 Å². The molecule has 1 aromatic rings. The Morgan fingerprint density at radius 2 is 2.50 bits per heavy atom. The van der Waals surface area contributed by atoms with E-state index < -0.39 is 5.60 Å². The molecule has 0 spiro atoms. The minimum Gasteiger partial charge on any atom is -0.389 e. The Bertz CT molecular complexity index is 239. The van der Waals surface area contributed by atoms with Crippen LogP contribution in [0.4, 0.5) is 0 Å². The number of aliphatic hydroxyl groups is 1. The molecule has 1 atom stereocenters. The molecular weight excluding hydrogens is 172 g/mol. The number of rotatable bonds is 4. The maximum Gasteiger partial charge on any atom is 0.122 e. The van der Waals surface area contributed by atoms with Gasteiger partial charge in [-0.15, -0.1) is 0 Å². The number of hydrogen-bond donors (Lipinski definition) is 1. The fourth-order valence-electron chi connectivity index (χ4n) is 1.08. The summed E-state index contributed by atoms with van der Waals surface area (Å²) in [6.07, 6.45) is 1.50. The van der Waals surface area contributed by atoms with Crippen LogP contribution in [-0.2, 0) is 11.2 Å². The molecule has 1 unspecified atom stereocenters. The van der Waals surface area contributed by atoms with Crippen molar-refractivity contribution in [3.8, 4) is 0 Å². The summed E-state index contributed by atoms with van der Waals surface area (Å²) >= 11 is 1.60. The van der Waals surface area contributed by atoms with Crippen molar-refractivity contribution in [2.75, 3.05) is 0 Å². The predicted molar refractivity (Wildman–Crippen MR) is 49.3 cm³/mol. The number of carbonyl (C=O) groups excluding carboxylic acids is 1. The van der Waals surface area contributed by atoms with Gasteiger partial charge in [-0.3, -0.25) is 0 Å². The van der Waals surface area contributed by atoms with Gasteiger partial charge in [-0.25, -0.2) is 0 Å². The Kier molecular flexibility index (Phi) is 3.00. The number of hydrogen-bond acceptors (Lipinski definition) is 3. The molecule has 0 aliphatic heterocycles. The minimum absolute atomic E-state index is 0.197. The monoisotopic (exact) mass is 184 g/mol. The first-order valence-corrected chi connectivity index (χ1v) is 4.75. The van der Waals surface area contributed by atoms with Crippen molar-refractivity contribution in [3.05, 3.63) is 22.4 Å². The first kappa shape index (κ1) is 9.42. The van der Waals surface area contributed by atoms with E-state index in [-0.39, 0.29) is 6.42 Å². The second-order valence-electron chi connectivity index (χ2n) is 3.18. The van der Waals surface area contributed by atoms with Crippen LogP contribution >= 0.6 is 11.3 Å². The molecule has 0 aliphatic rings. The molecule has 0 aromatic carbocycles. The van der Waals surface area contributed by atoms with Gasteiger partial charge in [-0.1, -0.05) is 0 Å². The normalized spacial score (nSPS) is 15.5. The minimum atomic E-state index is -0.886. The van der Waals surface area contributed by atoms with E-state index in [0.29, 0.717) is 6.42 Å². The summed E-state index contributed by atoms with van der Waals surface area (Å²) in [5.74, 6) is 0. The zero-order chi connectivity index (χ0) is 9.03. The summed E-state index contributed by atoms with van der Waals surface area (Å²) in [5, 5.41) is 13.6. The van der Waals surface area contributed by atoms with Crippen LogP contribution < -0.4 is 0 Å². The summed E-state index contributed by atoms with van der Waals surface area (Å²) in [6, 6.07) is 1.96. The summed E-state index contributed by atoms with van der Waals surface area (Å²) in [6.45, 7) is 1.68. The van der Waals surface area contributed by atoms with Gasteiger partial charge in [-0.2, -0.15) is 11.3 Å². The van der Waals surface area contributed by atoms with Gasteiger partial charge in [0.2, 0.25) is 0 Å². The van der Waals surface area contributed by atoms with E-state index in [4.69, 9.17) is 0 Å². The topological polar surface area (TPSA) is 37.3 Å². The number of aldehydes is 1. The molecule has 0 bridgehead atoms. The Labute approximate surface area is 75.9 Å². The van der Waals surface area contributed by atoms with E-state index >= 15 is 0 Å². The fraction of sp³-hybridized carbons (Fsp3) is 0.444. The van der Waals surface area contributed by atoms with E-state index in [1.54, 1.807) is 18.3 Å². The highest BCUT2D eigenvalue weighted by atomic mass is 32.1. The lowest BCUT2D eigenvalue weighted by Gasteiger charge is -2.19. The van der Waals surface area contributed by atoms with Crippen LogP contribution in [0.2, 0.25) is 0 Å². The third-order valence-electron chi connectivity index (χ3n) is 1.69. The lowest BCUT2D eigenvalue weighted by molar-refractivity contribution is -0.111. The van der Waals surface area contributed by atoms with E-state index in [0.717, 1.165) is 11.8 Å². The quantitative estimate of drug-likeness (QED) is 0.722. The summed E-state index contributed by atoms with van der Waals surface area (Å²) in [7, 11) is 0. The third kappa shape index (κ3) is 2.75. The van der Waals surface area contributed by atoms with Gasteiger partial charge in [-0.05, 0) is 29.3 Å². The SMILES string of the molecule is CC(O)(CC=O)Cc1ccsc1. The molecule has 0 amide bonds. The summed E-state index contributed by atoms with van der Waals surface area (Å²) in [5.41, 5.74) is 0.204. The molecule has 0 radical (unpaired) electrons. The highest BCUT2D eigenvalue weighted by Crippen LogP contribution is 2.17. The summed E-state index contributed by atoms with van der Waals surface area (Å²) in [4.78, 5) is 10.2. The highest BCUT2D eigenvalue weighted by molar-refractivity contribution is 7.07.